The van der Waals surface area contributed by atoms with Crippen LogP contribution in [0.2, 0.25) is 0 Å². The van der Waals surface area contributed by atoms with Crippen molar-refractivity contribution in [3.8, 4) is 12.3 Å². The third kappa shape index (κ3) is 4.95. The van der Waals surface area contributed by atoms with E-state index < -0.39 is 10.0 Å². The first-order chi connectivity index (χ1) is 13.0. The van der Waals surface area contributed by atoms with Gasteiger partial charge in [-0.1, -0.05) is 12.0 Å². The van der Waals surface area contributed by atoms with Gasteiger partial charge >= 0.3 is 0 Å². The van der Waals surface area contributed by atoms with E-state index in [1.54, 1.807) is 24.3 Å². The molecule has 0 radical (unpaired) electrons. The van der Waals surface area contributed by atoms with Crippen LogP contribution in [-0.2, 0) is 14.8 Å². The molecule has 1 heterocycles. The van der Waals surface area contributed by atoms with Crippen LogP contribution in [0, 0.1) is 12.3 Å². The van der Waals surface area contributed by atoms with Crippen molar-refractivity contribution >= 4 is 21.6 Å². The summed E-state index contributed by atoms with van der Waals surface area (Å²) in [5.41, 5.74) is 1.58. The van der Waals surface area contributed by atoms with E-state index in [4.69, 9.17) is 11.2 Å². The van der Waals surface area contributed by atoms with E-state index in [1.807, 2.05) is 0 Å². The van der Waals surface area contributed by atoms with E-state index in [0.29, 0.717) is 23.4 Å². The van der Waals surface area contributed by atoms with Crippen molar-refractivity contribution in [1.29, 1.82) is 0 Å². The summed E-state index contributed by atoms with van der Waals surface area (Å²) in [6.07, 6.45) is 7.06. The van der Waals surface area contributed by atoms with Gasteiger partial charge in [-0.15, -0.1) is 6.42 Å². The fourth-order valence-corrected chi connectivity index (χ4v) is 3.83. The number of benzene rings is 2. The van der Waals surface area contributed by atoms with Crippen molar-refractivity contribution in [2.45, 2.75) is 23.8 Å². The molecule has 3 rings (SSSR count). The number of anilines is 1. The molecule has 2 N–H and O–H groups in total. The van der Waals surface area contributed by atoms with E-state index in [1.165, 1.54) is 24.3 Å². The first-order valence-electron chi connectivity index (χ1n) is 8.57. The summed E-state index contributed by atoms with van der Waals surface area (Å²) in [5, 5.41) is 2.74. The summed E-state index contributed by atoms with van der Waals surface area (Å²) < 4.78 is 32.7. The SMILES string of the molecule is C#Cc1cccc(NC(=O)c2ccc(S(=O)(=O)NCC3CCCO3)cc2)c1. The number of carbonyl (C=O) groups excluding carboxylic acids is 1. The standard InChI is InChI=1S/C20H20N2O4S/c1-2-15-5-3-6-17(13-15)22-20(23)16-8-10-19(11-9-16)27(24,25)21-14-18-7-4-12-26-18/h1,3,5-6,8-11,13,18,21H,4,7,12,14H2,(H,22,23). The average Bonchev–Trinajstić information content (AvgIpc) is 3.20. The lowest BCUT2D eigenvalue weighted by molar-refractivity contribution is 0.102. The molecule has 0 aromatic heterocycles. The number of ether oxygens (including phenoxy) is 1. The van der Waals surface area contributed by atoms with Crippen LogP contribution in [0.25, 0.3) is 0 Å². The molecule has 0 spiro atoms. The van der Waals surface area contributed by atoms with Crippen LogP contribution in [0.3, 0.4) is 0 Å². The maximum atomic E-state index is 12.3. The Kier molecular flexibility index (Phi) is 5.91. The minimum absolute atomic E-state index is 0.0800. The summed E-state index contributed by atoms with van der Waals surface area (Å²) in [7, 11) is -3.64. The summed E-state index contributed by atoms with van der Waals surface area (Å²) in [4.78, 5) is 12.4. The molecule has 1 amide bonds. The van der Waals surface area contributed by atoms with Gasteiger partial charge < -0.3 is 10.1 Å². The molecule has 1 atom stereocenters. The van der Waals surface area contributed by atoms with Crippen molar-refractivity contribution in [1.82, 2.24) is 4.72 Å². The molecule has 1 unspecified atom stereocenters. The Morgan fingerprint density at radius 3 is 2.67 bits per heavy atom. The number of terminal acetylenes is 1. The Bertz CT molecular complexity index is 956. The third-order valence-electron chi connectivity index (χ3n) is 4.24. The minimum atomic E-state index is -3.64. The van der Waals surface area contributed by atoms with Gasteiger partial charge in [0, 0.05) is 30.0 Å². The largest absolute Gasteiger partial charge is 0.377 e. The molecule has 0 aliphatic carbocycles. The Hall–Kier alpha value is -2.66. The van der Waals surface area contributed by atoms with Gasteiger partial charge in [0.2, 0.25) is 10.0 Å². The maximum Gasteiger partial charge on any atom is 0.255 e. The lowest BCUT2D eigenvalue weighted by Crippen LogP contribution is -2.31. The zero-order valence-corrected chi connectivity index (χ0v) is 15.5. The first-order valence-corrected chi connectivity index (χ1v) is 10.1. The number of carbonyl (C=O) groups is 1. The van der Waals surface area contributed by atoms with Crippen molar-refractivity contribution < 1.29 is 17.9 Å². The van der Waals surface area contributed by atoms with Crippen molar-refractivity contribution in [3.05, 3.63) is 59.7 Å². The fourth-order valence-electron chi connectivity index (χ4n) is 2.77. The molecule has 1 saturated heterocycles. The molecule has 7 heteroatoms. The number of rotatable bonds is 6. The monoisotopic (exact) mass is 384 g/mol. The molecule has 0 bridgehead atoms. The normalized spacial score (nSPS) is 16.6. The van der Waals surface area contributed by atoms with Crippen LogP contribution in [0.4, 0.5) is 5.69 Å². The lowest BCUT2D eigenvalue weighted by Gasteiger charge is -2.12. The van der Waals surface area contributed by atoms with Gasteiger partial charge in [0.1, 0.15) is 0 Å². The van der Waals surface area contributed by atoms with E-state index in [2.05, 4.69) is 16.0 Å². The summed E-state index contributed by atoms with van der Waals surface area (Å²) in [5.74, 6) is 2.16. The van der Waals surface area contributed by atoms with Crippen molar-refractivity contribution in [2.24, 2.45) is 0 Å². The summed E-state index contributed by atoms with van der Waals surface area (Å²) in [6.45, 7) is 0.913. The topological polar surface area (TPSA) is 84.5 Å². The van der Waals surface area contributed by atoms with E-state index >= 15 is 0 Å². The smallest absolute Gasteiger partial charge is 0.255 e. The van der Waals surface area contributed by atoms with Gasteiger partial charge in [-0.05, 0) is 55.3 Å². The number of amides is 1. The van der Waals surface area contributed by atoms with Gasteiger partial charge in [0.05, 0.1) is 11.0 Å². The highest BCUT2D eigenvalue weighted by atomic mass is 32.2. The second-order valence-electron chi connectivity index (χ2n) is 6.19. The van der Waals surface area contributed by atoms with E-state index in [0.717, 1.165) is 12.8 Å². The second-order valence-corrected chi connectivity index (χ2v) is 7.96. The Balaban J connectivity index is 1.65. The van der Waals surface area contributed by atoms with Crippen molar-refractivity contribution in [2.75, 3.05) is 18.5 Å². The van der Waals surface area contributed by atoms with Crippen LogP contribution >= 0.6 is 0 Å². The van der Waals surface area contributed by atoms with Crippen LogP contribution < -0.4 is 10.0 Å². The predicted octanol–water partition coefficient (Wildman–Crippen LogP) is 2.38. The number of hydrogen-bond acceptors (Lipinski definition) is 4. The van der Waals surface area contributed by atoms with E-state index in [9.17, 15) is 13.2 Å². The molecule has 1 aliphatic rings. The molecule has 2 aromatic carbocycles. The van der Waals surface area contributed by atoms with Gasteiger partial charge in [0.15, 0.2) is 0 Å². The molecule has 140 valence electrons. The first kappa shape index (κ1) is 19.1. The van der Waals surface area contributed by atoms with Gasteiger partial charge in [-0.2, -0.15) is 0 Å². The average molecular weight is 384 g/mol. The Labute approximate surface area is 159 Å². The van der Waals surface area contributed by atoms with Gasteiger partial charge in [-0.3, -0.25) is 4.79 Å². The van der Waals surface area contributed by atoms with E-state index in [-0.39, 0.29) is 23.5 Å². The summed E-state index contributed by atoms with van der Waals surface area (Å²) >= 11 is 0. The highest BCUT2D eigenvalue weighted by Crippen LogP contribution is 2.16. The quantitative estimate of drug-likeness (QED) is 0.749. The molecule has 6 nitrogen and oxygen atoms in total. The van der Waals surface area contributed by atoms with Crippen LogP contribution in [0.15, 0.2) is 53.4 Å². The molecular formula is C20H20N2O4S. The fraction of sp³-hybridized carbons (Fsp3) is 0.250. The molecule has 0 saturated carbocycles. The second kappa shape index (κ2) is 8.35. The highest BCUT2D eigenvalue weighted by molar-refractivity contribution is 7.89. The van der Waals surface area contributed by atoms with Gasteiger partial charge in [0.25, 0.3) is 5.91 Å². The molecular weight excluding hydrogens is 364 g/mol. The highest BCUT2D eigenvalue weighted by Gasteiger charge is 2.20. The summed E-state index contributed by atoms with van der Waals surface area (Å²) in [6, 6.07) is 12.7. The van der Waals surface area contributed by atoms with Crippen molar-refractivity contribution in [3.63, 3.8) is 0 Å². The number of sulfonamides is 1. The molecule has 27 heavy (non-hydrogen) atoms. The lowest BCUT2D eigenvalue weighted by atomic mass is 10.2. The third-order valence-corrected chi connectivity index (χ3v) is 5.68. The van der Waals surface area contributed by atoms with Gasteiger partial charge in [-0.25, -0.2) is 13.1 Å². The molecule has 1 fully saturated rings. The Morgan fingerprint density at radius 2 is 2.00 bits per heavy atom. The van der Waals surface area contributed by atoms with Crippen LogP contribution in [0.5, 0.6) is 0 Å². The van der Waals surface area contributed by atoms with Crippen LogP contribution in [0.1, 0.15) is 28.8 Å². The molecule has 2 aromatic rings. The van der Waals surface area contributed by atoms with Crippen LogP contribution in [-0.4, -0.2) is 33.6 Å². The predicted molar refractivity (Wildman–Crippen MR) is 103 cm³/mol. The maximum absolute atomic E-state index is 12.3. The Morgan fingerprint density at radius 1 is 1.22 bits per heavy atom. The minimum Gasteiger partial charge on any atom is -0.377 e. The zero-order chi connectivity index (χ0) is 19.3. The molecule has 1 aliphatic heterocycles. The number of hydrogen-bond donors (Lipinski definition) is 2. The number of nitrogens with one attached hydrogen (secondary N) is 2. The zero-order valence-electron chi connectivity index (χ0n) is 14.6.